The number of hydrogen-bond acceptors (Lipinski definition) is 2. The highest BCUT2D eigenvalue weighted by Gasteiger charge is 2.13. The summed E-state index contributed by atoms with van der Waals surface area (Å²) in [6.07, 6.45) is 1.61. The third-order valence-electron chi connectivity index (χ3n) is 3.04. The van der Waals surface area contributed by atoms with E-state index >= 15 is 0 Å². The highest BCUT2D eigenvalue weighted by molar-refractivity contribution is 6.33. The van der Waals surface area contributed by atoms with Crippen molar-refractivity contribution < 1.29 is 4.39 Å². The maximum Gasteiger partial charge on any atom is 0.143 e. The van der Waals surface area contributed by atoms with Gasteiger partial charge in [-0.1, -0.05) is 41.4 Å². The zero-order valence-corrected chi connectivity index (χ0v) is 12.2. The summed E-state index contributed by atoms with van der Waals surface area (Å²) in [6.45, 7) is 0. The summed E-state index contributed by atoms with van der Waals surface area (Å²) in [5, 5.41) is 4.99. The second-order valence-electron chi connectivity index (χ2n) is 4.46. The van der Waals surface area contributed by atoms with Crippen LogP contribution in [-0.2, 0) is 0 Å². The average molecular weight is 322 g/mol. The lowest BCUT2D eigenvalue weighted by Gasteiger charge is -2.03. The maximum atomic E-state index is 13.5. The predicted octanol–water partition coefficient (Wildman–Crippen LogP) is 4.57. The average Bonchev–Trinajstić information content (AvgIpc) is 2.84. The molecule has 21 heavy (non-hydrogen) atoms. The molecule has 3 nitrogen and oxygen atoms in total. The molecular weight excluding hydrogens is 312 g/mol. The second kappa shape index (κ2) is 5.39. The Morgan fingerprint density at radius 3 is 2.52 bits per heavy atom. The van der Waals surface area contributed by atoms with Crippen molar-refractivity contribution in [2.24, 2.45) is 0 Å². The van der Waals surface area contributed by atoms with Gasteiger partial charge in [-0.05, 0) is 18.2 Å². The van der Waals surface area contributed by atoms with Crippen molar-refractivity contribution in [3.8, 4) is 16.9 Å². The minimum absolute atomic E-state index is 0.0604. The first kappa shape index (κ1) is 13.9. The summed E-state index contributed by atoms with van der Waals surface area (Å²) < 4.78 is 15.0. The standard InChI is InChI=1S/C15H10Cl2FN3/c16-11-4-2-1-3-10(11)15-14(19)8-21(20-15)9-5-6-12(17)13(18)7-9/h1-8H,19H2. The highest BCUT2D eigenvalue weighted by Crippen LogP contribution is 2.31. The fourth-order valence-corrected chi connectivity index (χ4v) is 2.35. The van der Waals surface area contributed by atoms with Crippen LogP contribution in [0.2, 0.25) is 10.0 Å². The van der Waals surface area contributed by atoms with Crippen molar-refractivity contribution in [1.82, 2.24) is 9.78 Å². The number of nitrogen functional groups attached to an aromatic ring is 1. The van der Waals surface area contributed by atoms with Crippen LogP contribution in [-0.4, -0.2) is 9.78 Å². The van der Waals surface area contributed by atoms with Crippen molar-refractivity contribution in [2.75, 3.05) is 5.73 Å². The van der Waals surface area contributed by atoms with Crippen molar-refractivity contribution in [2.45, 2.75) is 0 Å². The van der Waals surface area contributed by atoms with E-state index in [1.165, 1.54) is 16.8 Å². The van der Waals surface area contributed by atoms with E-state index in [4.69, 9.17) is 28.9 Å². The summed E-state index contributed by atoms with van der Waals surface area (Å²) in [6, 6.07) is 11.7. The monoisotopic (exact) mass is 321 g/mol. The van der Waals surface area contributed by atoms with Gasteiger partial charge in [0.15, 0.2) is 0 Å². The van der Waals surface area contributed by atoms with Crippen LogP contribution < -0.4 is 5.73 Å². The molecule has 0 fully saturated rings. The van der Waals surface area contributed by atoms with Gasteiger partial charge in [0.05, 0.1) is 27.6 Å². The van der Waals surface area contributed by atoms with Crippen molar-refractivity contribution in [3.63, 3.8) is 0 Å². The van der Waals surface area contributed by atoms with Crippen LogP contribution >= 0.6 is 23.2 Å². The van der Waals surface area contributed by atoms with Crippen molar-refractivity contribution in [3.05, 3.63) is 64.5 Å². The molecule has 0 aliphatic rings. The Bertz CT molecular complexity index is 814. The van der Waals surface area contributed by atoms with Crippen LogP contribution in [0.4, 0.5) is 10.1 Å². The van der Waals surface area contributed by atoms with Gasteiger partial charge in [-0.2, -0.15) is 5.10 Å². The molecule has 106 valence electrons. The molecule has 0 saturated heterocycles. The van der Waals surface area contributed by atoms with Crippen LogP contribution in [0.15, 0.2) is 48.7 Å². The lowest BCUT2D eigenvalue weighted by Crippen LogP contribution is -1.96. The van der Waals surface area contributed by atoms with Gasteiger partial charge in [-0.15, -0.1) is 0 Å². The van der Waals surface area contributed by atoms with E-state index in [-0.39, 0.29) is 5.02 Å². The van der Waals surface area contributed by atoms with E-state index < -0.39 is 5.82 Å². The Morgan fingerprint density at radius 2 is 1.81 bits per heavy atom. The number of rotatable bonds is 2. The Labute approximate surface area is 130 Å². The molecule has 2 N–H and O–H groups in total. The molecule has 0 radical (unpaired) electrons. The molecule has 3 rings (SSSR count). The summed E-state index contributed by atoms with van der Waals surface area (Å²) in [5.74, 6) is -0.512. The molecule has 0 bridgehead atoms. The van der Waals surface area contributed by atoms with Crippen LogP contribution in [0.3, 0.4) is 0 Å². The van der Waals surface area contributed by atoms with Gasteiger partial charge in [-0.25, -0.2) is 9.07 Å². The molecule has 3 aromatic rings. The molecule has 0 unspecified atom stereocenters. The van der Waals surface area contributed by atoms with Gasteiger partial charge in [0.2, 0.25) is 0 Å². The topological polar surface area (TPSA) is 43.8 Å². The summed E-state index contributed by atoms with van der Waals surface area (Å²) in [7, 11) is 0. The van der Waals surface area contributed by atoms with E-state index in [1.807, 2.05) is 18.2 Å². The Morgan fingerprint density at radius 1 is 1.05 bits per heavy atom. The normalized spacial score (nSPS) is 10.8. The second-order valence-corrected chi connectivity index (χ2v) is 5.27. The number of halogens is 3. The third-order valence-corrected chi connectivity index (χ3v) is 3.68. The van der Waals surface area contributed by atoms with Gasteiger partial charge in [0.25, 0.3) is 0 Å². The fourth-order valence-electron chi connectivity index (χ4n) is 2.01. The summed E-state index contributed by atoms with van der Waals surface area (Å²) in [4.78, 5) is 0. The van der Waals surface area contributed by atoms with Gasteiger partial charge in [0.1, 0.15) is 11.5 Å². The Kier molecular flexibility index (Phi) is 3.57. The van der Waals surface area contributed by atoms with Gasteiger partial charge >= 0.3 is 0 Å². The molecule has 0 spiro atoms. The molecular formula is C15H10Cl2FN3. The molecule has 1 heterocycles. The molecule has 0 aliphatic carbocycles. The Hall–Kier alpha value is -2.04. The predicted molar refractivity (Wildman–Crippen MR) is 83.4 cm³/mol. The zero-order chi connectivity index (χ0) is 15.0. The molecule has 2 aromatic carbocycles. The number of nitrogens with two attached hydrogens (primary N) is 1. The zero-order valence-electron chi connectivity index (χ0n) is 10.7. The molecule has 1 aromatic heterocycles. The number of aromatic nitrogens is 2. The molecule has 0 atom stereocenters. The lowest BCUT2D eigenvalue weighted by atomic mass is 10.1. The van der Waals surface area contributed by atoms with E-state index in [0.29, 0.717) is 22.1 Å². The molecule has 0 aliphatic heterocycles. The van der Waals surface area contributed by atoms with Gasteiger partial charge in [-0.3, -0.25) is 0 Å². The molecule has 6 heteroatoms. The molecule has 0 amide bonds. The number of benzene rings is 2. The van der Waals surface area contributed by atoms with Crippen LogP contribution in [0.1, 0.15) is 0 Å². The van der Waals surface area contributed by atoms with E-state index in [9.17, 15) is 4.39 Å². The first-order valence-corrected chi connectivity index (χ1v) is 6.87. The quantitative estimate of drug-likeness (QED) is 0.751. The third kappa shape index (κ3) is 2.60. The number of nitrogens with zero attached hydrogens (tertiary/aromatic N) is 2. The van der Waals surface area contributed by atoms with Crippen LogP contribution in [0.25, 0.3) is 16.9 Å². The van der Waals surface area contributed by atoms with Crippen LogP contribution in [0.5, 0.6) is 0 Å². The minimum atomic E-state index is -0.512. The first-order chi connectivity index (χ1) is 10.1. The van der Waals surface area contributed by atoms with Gasteiger partial charge in [0, 0.05) is 11.6 Å². The summed E-state index contributed by atoms with van der Waals surface area (Å²) in [5.41, 5.74) is 8.25. The Balaban J connectivity index is 2.09. The first-order valence-electron chi connectivity index (χ1n) is 6.12. The van der Waals surface area contributed by atoms with E-state index in [0.717, 1.165) is 5.56 Å². The summed E-state index contributed by atoms with van der Waals surface area (Å²) >= 11 is 11.8. The minimum Gasteiger partial charge on any atom is -0.396 e. The highest BCUT2D eigenvalue weighted by atomic mass is 35.5. The molecule has 0 saturated carbocycles. The fraction of sp³-hybridized carbons (Fsp3) is 0. The van der Waals surface area contributed by atoms with E-state index in [2.05, 4.69) is 5.10 Å². The van der Waals surface area contributed by atoms with Crippen LogP contribution in [0, 0.1) is 5.82 Å². The smallest absolute Gasteiger partial charge is 0.143 e. The number of hydrogen-bond donors (Lipinski definition) is 1. The maximum absolute atomic E-state index is 13.5. The lowest BCUT2D eigenvalue weighted by molar-refractivity contribution is 0.626. The van der Waals surface area contributed by atoms with E-state index in [1.54, 1.807) is 18.3 Å². The van der Waals surface area contributed by atoms with Gasteiger partial charge < -0.3 is 5.73 Å². The SMILES string of the molecule is Nc1cn(-c2ccc(Cl)c(F)c2)nc1-c1ccccc1Cl. The van der Waals surface area contributed by atoms with Crippen molar-refractivity contribution in [1.29, 1.82) is 0 Å². The largest absolute Gasteiger partial charge is 0.396 e. The number of anilines is 1. The van der Waals surface area contributed by atoms with Crippen molar-refractivity contribution >= 4 is 28.9 Å².